The fourth-order valence-electron chi connectivity index (χ4n) is 9.24. The first-order valence-electron chi connectivity index (χ1n) is 33.4. The number of carbonyl (C=O) groups is 3. The second-order valence-corrected chi connectivity index (χ2v) is 22.0. The number of rotatable bonds is 60. The van der Waals surface area contributed by atoms with Crippen LogP contribution in [-0.2, 0) is 28.6 Å². The van der Waals surface area contributed by atoms with Crippen LogP contribution in [0.2, 0.25) is 0 Å². The van der Waals surface area contributed by atoms with Crippen LogP contribution >= 0.6 is 0 Å². The normalized spacial score (nSPS) is 12.8. The summed E-state index contributed by atoms with van der Waals surface area (Å²) in [6.45, 7) is 6.48. The van der Waals surface area contributed by atoms with Gasteiger partial charge in [-0.3, -0.25) is 14.4 Å². The molecule has 79 heavy (non-hydrogen) atoms. The Balaban J connectivity index is 4.34. The van der Waals surface area contributed by atoms with E-state index in [-0.39, 0.29) is 31.1 Å². The minimum Gasteiger partial charge on any atom is -0.462 e. The topological polar surface area (TPSA) is 78.9 Å². The molecule has 0 bridgehead atoms. The lowest BCUT2D eigenvalue weighted by Gasteiger charge is -2.18. The Kier molecular flexibility index (Phi) is 63.3. The molecule has 0 aliphatic carbocycles. The quantitative estimate of drug-likeness (QED) is 0.0261. The van der Waals surface area contributed by atoms with Gasteiger partial charge < -0.3 is 14.2 Å². The van der Waals surface area contributed by atoms with Gasteiger partial charge in [0.15, 0.2) is 6.10 Å². The van der Waals surface area contributed by atoms with Crippen molar-refractivity contribution >= 4 is 17.9 Å². The van der Waals surface area contributed by atoms with Crippen LogP contribution in [0.4, 0.5) is 0 Å². The molecule has 0 aromatic rings. The lowest BCUT2D eigenvalue weighted by Crippen LogP contribution is -2.30. The van der Waals surface area contributed by atoms with E-state index in [9.17, 15) is 14.4 Å². The first-order chi connectivity index (χ1) is 39.0. The summed E-state index contributed by atoms with van der Waals surface area (Å²) in [5.41, 5.74) is 0. The Bertz CT molecular complexity index is 1590. The number of unbranched alkanes of at least 4 members (excludes halogenated alkanes) is 31. The van der Waals surface area contributed by atoms with E-state index in [1.807, 2.05) is 0 Å². The summed E-state index contributed by atoms with van der Waals surface area (Å²) in [6, 6.07) is 0. The van der Waals surface area contributed by atoms with Gasteiger partial charge in [0.1, 0.15) is 13.2 Å². The van der Waals surface area contributed by atoms with Crippen molar-refractivity contribution in [3.8, 4) is 0 Å². The second-order valence-electron chi connectivity index (χ2n) is 22.0. The van der Waals surface area contributed by atoms with E-state index in [2.05, 4.69) is 130 Å². The Morgan fingerprint density at radius 2 is 0.494 bits per heavy atom. The van der Waals surface area contributed by atoms with E-state index in [1.54, 1.807) is 0 Å². The number of ether oxygens (including phenoxy) is 3. The smallest absolute Gasteiger partial charge is 0.306 e. The van der Waals surface area contributed by atoms with E-state index in [4.69, 9.17) is 14.2 Å². The van der Waals surface area contributed by atoms with Crippen LogP contribution in [0.3, 0.4) is 0 Å². The molecule has 0 rings (SSSR count). The summed E-state index contributed by atoms with van der Waals surface area (Å²) in [5, 5.41) is 0. The summed E-state index contributed by atoms with van der Waals surface area (Å²) in [5.74, 6) is -0.905. The molecular weight excluding hydrogens is 973 g/mol. The van der Waals surface area contributed by atoms with Gasteiger partial charge >= 0.3 is 17.9 Å². The van der Waals surface area contributed by atoms with Crippen molar-refractivity contribution in [1.29, 1.82) is 0 Å². The van der Waals surface area contributed by atoms with Crippen molar-refractivity contribution in [2.45, 2.75) is 322 Å². The van der Waals surface area contributed by atoms with Gasteiger partial charge in [-0.25, -0.2) is 0 Å². The third-order valence-corrected chi connectivity index (χ3v) is 14.2. The molecule has 452 valence electrons. The minimum absolute atomic E-state index is 0.0878. The maximum absolute atomic E-state index is 12.9. The van der Waals surface area contributed by atoms with Gasteiger partial charge in [-0.05, 0) is 128 Å². The third kappa shape index (κ3) is 64.8. The Labute approximate surface area is 489 Å². The number of carbonyl (C=O) groups excluding carboxylic acids is 3. The number of allylic oxidation sites excluding steroid dienone is 18. The molecule has 0 saturated heterocycles. The maximum atomic E-state index is 12.9. The molecule has 6 nitrogen and oxygen atoms in total. The van der Waals surface area contributed by atoms with E-state index in [0.29, 0.717) is 19.3 Å². The summed E-state index contributed by atoms with van der Waals surface area (Å²) in [7, 11) is 0. The van der Waals surface area contributed by atoms with Gasteiger partial charge in [-0.15, -0.1) is 0 Å². The zero-order valence-electron chi connectivity index (χ0n) is 51.9. The summed E-state index contributed by atoms with van der Waals surface area (Å²) >= 11 is 0. The van der Waals surface area contributed by atoms with Gasteiger partial charge in [0, 0.05) is 19.3 Å². The van der Waals surface area contributed by atoms with E-state index >= 15 is 0 Å². The monoisotopic (exact) mass is 1100 g/mol. The highest BCUT2D eigenvalue weighted by Crippen LogP contribution is 2.16. The van der Waals surface area contributed by atoms with E-state index in [1.165, 1.54) is 141 Å². The fraction of sp³-hybridized carbons (Fsp3) is 0.712. The lowest BCUT2D eigenvalue weighted by atomic mass is 10.0. The first-order valence-corrected chi connectivity index (χ1v) is 33.4. The van der Waals surface area contributed by atoms with Gasteiger partial charge in [0.2, 0.25) is 0 Å². The van der Waals surface area contributed by atoms with Gasteiger partial charge in [0.25, 0.3) is 0 Å². The van der Waals surface area contributed by atoms with Crippen LogP contribution < -0.4 is 0 Å². The molecule has 1 unspecified atom stereocenters. The van der Waals surface area contributed by atoms with Crippen molar-refractivity contribution in [1.82, 2.24) is 0 Å². The first kappa shape index (κ1) is 75.1. The highest BCUT2D eigenvalue weighted by molar-refractivity contribution is 5.71. The summed E-state index contributed by atoms with van der Waals surface area (Å²) < 4.78 is 16.9. The maximum Gasteiger partial charge on any atom is 0.306 e. The molecule has 0 fully saturated rings. The Morgan fingerprint density at radius 3 is 0.772 bits per heavy atom. The molecule has 1 atom stereocenters. The number of hydrogen-bond acceptors (Lipinski definition) is 6. The van der Waals surface area contributed by atoms with Crippen molar-refractivity contribution in [3.63, 3.8) is 0 Å². The molecule has 0 aliphatic rings. The molecule has 6 heteroatoms. The molecule has 0 aromatic heterocycles. The third-order valence-electron chi connectivity index (χ3n) is 14.2. The highest BCUT2D eigenvalue weighted by Gasteiger charge is 2.19. The van der Waals surface area contributed by atoms with E-state index in [0.717, 1.165) is 135 Å². The molecule has 0 aromatic carbocycles. The van der Waals surface area contributed by atoms with Crippen LogP contribution in [0, 0.1) is 0 Å². The predicted molar refractivity (Wildman–Crippen MR) is 343 cm³/mol. The van der Waals surface area contributed by atoms with Crippen LogP contribution in [0.25, 0.3) is 0 Å². The van der Waals surface area contributed by atoms with Gasteiger partial charge in [0.05, 0.1) is 0 Å². The van der Waals surface area contributed by atoms with Crippen LogP contribution in [0.15, 0.2) is 109 Å². The molecule has 0 heterocycles. The molecule has 0 spiro atoms. The van der Waals surface area contributed by atoms with E-state index < -0.39 is 6.10 Å². The van der Waals surface area contributed by atoms with Crippen molar-refractivity contribution in [2.75, 3.05) is 13.2 Å². The average molecular weight is 1100 g/mol. The Hall–Kier alpha value is -3.93. The summed E-state index contributed by atoms with van der Waals surface area (Å²) in [6.07, 6.45) is 90.9. The standard InChI is InChI=1S/C73H124O6/c1-4-7-10-13-16-19-22-25-28-30-32-33-34-35-36-37-38-39-41-42-45-48-51-54-57-60-63-66-72(75)78-69-70(68-77-71(74)65-62-59-56-53-50-47-44-27-24-21-18-15-12-9-6-3)79-73(76)67-64-61-58-55-52-49-46-43-40-31-29-26-23-20-17-14-11-8-5-2/h7,10,16-21,25-29,32-33,40,43-44,70H,4-6,8-9,11-15,22-24,30-31,34-39,41-42,45-69H2,1-3H3/b10-7-,19-16-,20-17-,21-18-,28-25-,29-26-,33-32-,43-40-,44-27-. The second kappa shape index (κ2) is 66.6. The number of esters is 3. The molecule has 0 N–H and O–H groups in total. The Morgan fingerprint density at radius 1 is 0.266 bits per heavy atom. The van der Waals surface area contributed by atoms with Crippen LogP contribution in [0.5, 0.6) is 0 Å². The molecule has 0 amide bonds. The number of hydrogen-bond donors (Lipinski definition) is 0. The highest BCUT2D eigenvalue weighted by atomic mass is 16.6. The predicted octanol–water partition coefficient (Wildman–Crippen LogP) is 23.0. The van der Waals surface area contributed by atoms with Gasteiger partial charge in [-0.2, -0.15) is 0 Å². The molecule has 0 aliphatic heterocycles. The van der Waals surface area contributed by atoms with Gasteiger partial charge in [-0.1, -0.05) is 278 Å². The molecular formula is C73H124O6. The largest absolute Gasteiger partial charge is 0.462 e. The average Bonchev–Trinajstić information content (AvgIpc) is 3.45. The zero-order valence-corrected chi connectivity index (χ0v) is 51.9. The SMILES string of the molecule is CC/C=C\C/C=C\C/C=C\C/C=C\CCCCCCCCCCCCCCCCC(=O)OCC(COC(=O)CCCCCCC/C=C\C/C=C\CCCCC)OC(=O)CCCCCCCC/C=C\C/C=C\C/C=C\CCCCC. The van der Waals surface area contributed by atoms with Crippen LogP contribution in [-0.4, -0.2) is 37.2 Å². The van der Waals surface area contributed by atoms with Crippen molar-refractivity contribution in [3.05, 3.63) is 109 Å². The minimum atomic E-state index is -0.794. The lowest BCUT2D eigenvalue weighted by molar-refractivity contribution is -0.167. The van der Waals surface area contributed by atoms with Crippen molar-refractivity contribution < 1.29 is 28.6 Å². The van der Waals surface area contributed by atoms with Crippen molar-refractivity contribution in [2.24, 2.45) is 0 Å². The molecule has 0 saturated carbocycles. The molecule has 0 radical (unpaired) electrons. The fourth-order valence-corrected chi connectivity index (χ4v) is 9.24. The summed E-state index contributed by atoms with van der Waals surface area (Å²) in [4.78, 5) is 38.4. The zero-order chi connectivity index (χ0) is 57.1. The van der Waals surface area contributed by atoms with Crippen LogP contribution in [0.1, 0.15) is 316 Å².